The number of nitrogens with one attached hydrogen (secondary N) is 1. The molecule has 1 aliphatic carbocycles. The third kappa shape index (κ3) is 2.55. The maximum absolute atomic E-state index is 12.0. The molecule has 2 fully saturated rings. The quantitative estimate of drug-likeness (QED) is 0.727. The molecule has 0 radical (unpaired) electrons. The summed E-state index contributed by atoms with van der Waals surface area (Å²) in [4.78, 5) is 12.0. The summed E-state index contributed by atoms with van der Waals surface area (Å²) in [7, 11) is 0. The number of nitrogens with two attached hydrogens (primary N) is 1. The Morgan fingerprint density at radius 2 is 2.06 bits per heavy atom. The highest BCUT2D eigenvalue weighted by Crippen LogP contribution is 2.24. The zero-order chi connectivity index (χ0) is 11.5. The number of amides is 1. The van der Waals surface area contributed by atoms with Crippen LogP contribution in [0.1, 0.15) is 32.6 Å². The molecule has 1 saturated carbocycles. The van der Waals surface area contributed by atoms with Crippen LogP contribution in [0, 0.1) is 11.8 Å². The van der Waals surface area contributed by atoms with Crippen LogP contribution in [-0.2, 0) is 9.53 Å². The van der Waals surface area contributed by atoms with Gasteiger partial charge < -0.3 is 15.8 Å². The number of carbonyl (C=O) groups is 1. The van der Waals surface area contributed by atoms with E-state index in [2.05, 4.69) is 12.2 Å². The zero-order valence-electron chi connectivity index (χ0n) is 9.95. The summed E-state index contributed by atoms with van der Waals surface area (Å²) >= 11 is 0. The number of rotatable bonds is 2. The Hall–Kier alpha value is -0.610. The van der Waals surface area contributed by atoms with E-state index in [-0.39, 0.29) is 17.9 Å². The van der Waals surface area contributed by atoms with E-state index in [1.54, 1.807) is 0 Å². The van der Waals surface area contributed by atoms with E-state index in [0.717, 1.165) is 6.42 Å². The molecule has 1 amide bonds. The molecule has 0 aromatic rings. The van der Waals surface area contributed by atoms with Crippen molar-refractivity contribution in [2.45, 2.75) is 44.7 Å². The topological polar surface area (TPSA) is 64.3 Å². The van der Waals surface area contributed by atoms with Crippen molar-refractivity contribution < 1.29 is 9.53 Å². The van der Waals surface area contributed by atoms with Gasteiger partial charge in [-0.3, -0.25) is 4.79 Å². The van der Waals surface area contributed by atoms with Crippen molar-refractivity contribution in [2.75, 3.05) is 13.2 Å². The van der Waals surface area contributed by atoms with Gasteiger partial charge in [-0.25, -0.2) is 0 Å². The van der Waals surface area contributed by atoms with Gasteiger partial charge in [-0.1, -0.05) is 19.8 Å². The van der Waals surface area contributed by atoms with E-state index in [0.29, 0.717) is 25.2 Å². The van der Waals surface area contributed by atoms with Crippen LogP contribution in [0.4, 0.5) is 0 Å². The van der Waals surface area contributed by atoms with Crippen LogP contribution in [0.25, 0.3) is 0 Å². The van der Waals surface area contributed by atoms with E-state index >= 15 is 0 Å². The molecule has 0 aromatic heterocycles. The van der Waals surface area contributed by atoms with Crippen LogP contribution in [0.5, 0.6) is 0 Å². The normalized spacial score (nSPS) is 39.6. The number of hydrogen-bond acceptors (Lipinski definition) is 3. The van der Waals surface area contributed by atoms with Crippen molar-refractivity contribution in [3.63, 3.8) is 0 Å². The lowest BCUT2D eigenvalue weighted by Crippen LogP contribution is -2.47. The van der Waals surface area contributed by atoms with Crippen molar-refractivity contribution >= 4 is 5.91 Å². The van der Waals surface area contributed by atoms with Crippen LogP contribution >= 0.6 is 0 Å². The first-order valence-electron chi connectivity index (χ1n) is 6.32. The van der Waals surface area contributed by atoms with Gasteiger partial charge in [-0.15, -0.1) is 0 Å². The number of ether oxygens (including phenoxy) is 1. The Bertz CT molecular complexity index is 257. The highest BCUT2D eigenvalue weighted by atomic mass is 16.5. The molecule has 3 N–H and O–H groups in total. The van der Waals surface area contributed by atoms with Crippen molar-refractivity contribution in [1.29, 1.82) is 0 Å². The molecule has 1 aliphatic heterocycles. The maximum Gasteiger partial charge on any atom is 0.227 e. The van der Waals surface area contributed by atoms with E-state index < -0.39 is 0 Å². The first-order valence-corrected chi connectivity index (χ1v) is 6.32. The van der Waals surface area contributed by atoms with Gasteiger partial charge >= 0.3 is 0 Å². The average molecular weight is 226 g/mol. The Morgan fingerprint density at radius 3 is 2.69 bits per heavy atom. The van der Waals surface area contributed by atoms with Crippen LogP contribution < -0.4 is 11.1 Å². The standard InChI is InChI=1S/C12H22N2O2/c1-8-4-2-3-5-11(8)14-12(15)9-6-16-7-10(9)13/h8-11H,2-7,13H2,1H3,(H,14,15). The Kier molecular flexibility index (Phi) is 3.82. The van der Waals surface area contributed by atoms with Crippen molar-refractivity contribution in [2.24, 2.45) is 17.6 Å². The van der Waals surface area contributed by atoms with Gasteiger partial charge in [0.2, 0.25) is 5.91 Å². The lowest BCUT2D eigenvalue weighted by Gasteiger charge is -2.30. The largest absolute Gasteiger partial charge is 0.379 e. The molecule has 16 heavy (non-hydrogen) atoms. The molecule has 4 atom stereocenters. The van der Waals surface area contributed by atoms with Crippen LogP contribution in [0.15, 0.2) is 0 Å². The van der Waals surface area contributed by atoms with E-state index in [4.69, 9.17) is 10.5 Å². The fraction of sp³-hybridized carbons (Fsp3) is 0.917. The second kappa shape index (κ2) is 5.15. The second-order valence-electron chi connectivity index (χ2n) is 5.18. The summed E-state index contributed by atoms with van der Waals surface area (Å²) in [6.07, 6.45) is 4.84. The number of hydrogen-bond donors (Lipinski definition) is 2. The molecular weight excluding hydrogens is 204 g/mol. The SMILES string of the molecule is CC1CCCCC1NC(=O)C1COCC1N. The van der Waals surface area contributed by atoms with Gasteiger partial charge in [0.1, 0.15) is 0 Å². The minimum Gasteiger partial charge on any atom is -0.379 e. The van der Waals surface area contributed by atoms with Crippen LogP contribution in [0.2, 0.25) is 0 Å². The molecule has 1 heterocycles. The van der Waals surface area contributed by atoms with E-state index in [9.17, 15) is 4.79 Å². The second-order valence-corrected chi connectivity index (χ2v) is 5.18. The summed E-state index contributed by atoms with van der Waals surface area (Å²) in [5.74, 6) is 0.536. The summed E-state index contributed by atoms with van der Waals surface area (Å²) in [5, 5.41) is 3.14. The van der Waals surface area contributed by atoms with Crippen molar-refractivity contribution in [3.8, 4) is 0 Å². The highest BCUT2D eigenvalue weighted by molar-refractivity contribution is 5.80. The fourth-order valence-electron chi connectivity index (χ4n) is 2.66. The number of carbonyl (C=O) groups excluding carboxylic acids is 1. The molecule has 1 saturated heterocycles. The van der Waals surface area contributed by atoms with Gasteiger partial charge in [-0.2, -0.15) is 0 Å². The average Bonchev–Trinajstić information content (AvgIpc) is 2.68. The monoisotopic (exact) mass is 226 g/mol. The smallest absolute Gasteiger partial charge is 0.227 e. The highest BCUT2D eigenvalue weighted by Gasteiger charge is 2.33. The Balaban J connectivity index is 1.86. The Morgan fingerprint density at radius 1 is 1.31 bits per heavy atom. The van der Waals surface area contributed by atoms with Crippen LogP contribution in [0.3, 0.4) is 0 Å². The summed E-state index contributed by atoms with van der Waals surface area (Å²) in [6, 6.07) is 0.216. The first-order chi connectivity index (χ1) is 7.68. The third-order valence-corrected chi connectivity index (χ3v) is 3.90. The molecule has 92 valence electrons. The predicted octanol–water partition coefficient (Wildman–Crippen LogP) is 0.655. The minimum absolute atomic E-state index is 0.0868. The van der Waals surface area contributed by atoms with Crippen LogP contribution in [-0.4, -0.2) is 31.2 Å². The van der Waals surface area contributed by atoms with E-state index in [1.807, 2.05) is 0 Å². The molecule has 0 aromatic carbocycles. The lowest BCUT2D eigenvalue weighted by atomic mass is 9.85. The van der Waals surface area contributed by atoms with Gasteiger partial charge in [0.25, 0.3) is 0 Å². The zero-order valence-corrected chi connectivity index (χ0v) is 9.95. The summed E-state index contributed by atoms with van der Waals surface area (Å²) in [6.45, 7) is 3.21. The van der Waals surface area contributed by atoms with Crippen molar-refractivity contribution in [1.82, 2.24) is 5.32 Å². The molecule has 4 nitrogen and oxygen atoms in total. The van der Waals surface area contributed by atoms with Gasteiger partial charge in [0, 0.05) is 12.1 Å². The summed E-state index contributed by atoms with van der Waals surface area (Å²) < 4.78 is 5.22. The molecule has 0 bridgehead atoms. The van der Waals surface area contributed by atoms with E-state index in [1.165, 1.54) is 19.3 Å². The molecule has 2 aliphatic rings. The molecule has 2 rings (SSSR count). The predicted molar refractivity (Wildman–Crippen MR) is 61.8 cm³/mol. The minimum atomic E-state index is -0.144. The maximum atomic E-state index is 12.0. The third-order valence-electron chi connectivity index (χ3n) is 3.90. The van der Waals surface area contributed by atoms with Gasteiger partial charge in [0.05, 0.1) is 19.1 Å². The lowest BCUT2D eigenvalue weighted by molar-refractivity contribution is -0.126. The molecule has 4 heteroatoms. The molecule has 4 unspecified atom stereocenters. The van der Waals surface area contributed by atoms with Gasteiger partial charge in [-0.05, 0) is 18.8 Å². The first kappa shape index (κ1) is 11.9. The fourth-order valence-corrected chi connectivity index (χ4v) is 2.66. The Labute approximate surface area is 96.9 Å². The molecule has 0 spiro atoms. The van der Waals surface area contributed by atoms with Crippen molar-refractivity contribution in [3.05, 3.63) is 0 Å². The summed E-state index contributed by atoms with van der Waals surface area (Å²) in [5.41, 5.74) is 5.83. The molecular formula is C12H22N2O2. The van der Waals surface area contributed by atoms with Gasteiger partial charge in [0.15, 0.2) is 0 Å².